The molecule has 0 aromatic heterocycles. The zero-order valence-corrected chi connectivity index (χ0v) is 15.7. The van der Waals surface area contributed by atoms with Gasteiger partial charge in [0, 0.05) is 18.3 Å². The summed E-state index contributed by atoms with van der Waals surface area (Å²) in [6.45, 7) is 8.46. The first-order chi connectivity index (χ1) is 11.4. The number of aliphatic hydroxyl groups excluding tert-OH is 1. The van der Waals surface area contributed by atoms with Crippen LogP contribution in [0.3, 0.4) is 0 Å². The molecule has 0 saturated heterocycles. The van der Waals surface area contributed by atoms with Gasteiger partial charge in [0.05, 0.1) is 0 Å². The van der Waals surface area contributed by atoms with Crippen LogP contribution in [0.5, 0.6) is 0 Å². The minimum absolute atomic E-state index is 0.0200. The Morgan fingerprint density at radius 2 is 1.54 bits per heavy atom. The van der Waals surface area contributed by atoms with E-state index in [0.29, 0.717) is 30.0 Å². The molecule has 0 aliphatic heterocycles. The molecule has 4 rings (SSSR count). The molecule has 0 bridgehead atoms. The second-order valence-corrected chi connectivity index (χ2v) is 8.50. The second-order valence-electron chi connectivity index (χ2n) is 8.50. The Morgan fingerprint density at radius 1 is 0.875 bits per heavy atom. The van der Waals surface area contributed by atoms with Gasteiger partial charge in [0.2, 0.25) is 0 Å². The summed E-state index contributed by atoms with van der Waals surface area (Å²) in [5, 5.41) is 10.3. The zero-order chi connectivity index (χ0) is 17.7. The molecule has 0 aromatic carbocycles. The second kappa shape index (κ2) is 6.00. The minimum atomic E-state index is -0.0920. The topological polar surface area (TPSA) is 54.4 Å². The molecule has 3 saturated carbocycles. The lowest BCUT2D eigenvalue weighted by molar-refractivity contribution is -0.133. The van der Waals surface area contributed by atoms with E-state index in [1.54, 1.807) is 0 Å². The maximum atomic E-state index is 12.4. The van der Waals surface area contributed by atoms with Crippen LogP contribution in [0.25, 0.3) is 0 Å². The van der Waals surface area contributed by atoms with Crippen molar-refractivity contribution in [1.29, 1.82) is 0 Å². The van der Waals surface area contributed by atoms with E-state index in [1.807, 2.05) is 13.8 Å². The fourth-order valence-electron chi connectivity index (χ4n) is 6.46. The van der Waals surface area contributed by atoms with Crippen molar-refractivity contribution in [3.63, 3.8) is 0 Å². The van der Waals surface area contributed by atoms with Crippen LogP contribution in [0.15, 0.2) is 11.3 Å². The molecule has 3 fully saturated rings. The van der Waals surface area contributed by atoms with Gasteiger partial charge in [-0.25, -0.2) is 0 Å². The van der Waals surface area contributed by atoms with Crippen LogP contribution < -0.4 is 0 Å². The third-order valence-corrected chi connectivity index (χ3v) is 7.80. The maximum Gasteiger partial charge on any atom is 0.197 e. The van der Waals surface area contributed by atoms with E-state index in [1.165, 1.54) is 0 Å². The molecular formula is C21H32O3. The summed E-state index contributed by atoms with van der Waals surface area (Å²) in [6, 6.07) is 0. The normalized spacial score (nSPS) is 44.2. The molecule has 0 heterocycles. The van der Waals surface area contributed by atoms with Gasteiger partial charge in [0.1, 0.15) is 5.78 Å². The summed E-state index contributed by atoms with van der Waals surface area (Å²) in [7, 11) is 0. The SMILES string of the molecule is CC.C[C@]12CCC(=O)C(O)=C1CC[C@@H]1[C@@H]2CC[C@]2(C)C(=O)CC[C@@H]12. The number of allylic oxidation sites excluding steroid dienone is 1. The first-order valence-electron chi connectivity index (χ1n) is 9.87. The molecule has 5 atom stereocenters. The molecule has 0 amide bonds. The van der Waals surface area contributed by atoms with E-state index >= 15 is 0 Å². The highest BCUT2D eigenvalue weighted by Crippen LogP contribution is 2.64. The van der Waals surface area contributed by atoms with Crippen LogP contribution >= 0.6 is 0 Å². The highest BCUT2D eigenvalue weighted by Gasteiger charge is 2.59. The van der Waals surface area contributed by atoms with E-state index < -0.39 is 0 Å². The Kier molecular flexibility index (Phi) is 4.42. The van der Waals surface area contributed by atoms with E-state index in [4.69, 9.17) is 0 Å². The van der Waals surface area contributed by atoms with E-state index in [0.717, 1.165) is 50.5 Å². The van der Waals surface area contributed by atoms with E-state index in [-0.39, 0.29) is 22.4 Å². The van der Waals surface area contributed by atoms with Crippen LogP contribution in [0.4, 0.5) is 0 Å². The number of carbonyl (C=O) groups excluding carboxylic acids is 2. The number of ketones is 2. The van der Waals surface area contributed by atoms with Crippen molar-refractivity contribution >= 4 is 11.6 Å². The molecule has 0 spiro atoms. The predicted octanol–water partition coefficient (Wildman–Crippen LogP) is 5.00. The zero-order valence-electron chi connectivity index (χ0n) is 15.7. The Morgan fingerprint density at radius 3 is 2.25 bits per heavy atom. The largest absolute Gasteiger partial charge is 0.504 e. The Labute approximate surface area is 145 Å². The third kappa shape index (κ3) is 2.23. The third-order valence-electron chi connectivity index (χ3n) is 7.80. The van der Waals surface area contributed by atoms with E-state index in [9.17, 15) is 14.7 Å². The summed E-state index contributed by atoms with van der Waals surface area (Å²) in [5.41, 5.74) is 0.914. The van der Waals surface area contributed by atoms with Gasteiger partial charge in [-0.1, -0.05) is 27.7 Å². The quantitative estimate of drug-likeness (QED) is 0.679. The number of carbonyl (C=O) groups is 2. The van der Waals surface area contributed by atoms with Gasteiger partial charge >= 0.3 is 0 Å². The summed E-state index contributed by atoms with van der Waals surface area (Å²) in [6.07, 6.45) is 7.13. The van der Waals surface area contributed by atoms with Crippen molar-refractivity contribution in [2.45, 2.75) is 79.1 Å². The molecule has 134 valence electrons. The first kappa shape index (κ1) is 17.7. The number of hydrogen-bond donors (Lipinski definition) is 1. The summed E-state index contributed by atoms with van der Waals surface area (Å²) < 4.78 is 0. The summed E-state index contributed by atoms with van der Waals surface area (Å²) >= 11 is 0. The molecular weight excluding hydrogens is 300 g/mol. The average Bonchev–Trinajstić information content (AvgIpc) is 2.89. The molecule has 0 radical (unpaired) electrons. The van der Waals surface area contributed by atoms with Crippen molar-refractivity contribution < 1.29 is 14.7 Å². The molecule has 3 heteroatoms. The lowest BCUT2D eigenvalue weighted by atomic mass is 9.47. The van der Waals surface area contributed by atoms with Gasteiger partial charge in [0.25, 0.3) is 0 Å². The summed E-state index contributed by atoms with van der Waals surface area (Å²) in [4.78, 5) is 24.2. The van der Waals surface area contributed by atoms with Gasteiger partial charge in [-0.05, 0) is 67.3 Å². The molecule has 3 nitrogen and oxygen atoms in total. The lowest BCUT2D eigenvalue weighted by Gasteiger charge is -2.56. The van der Waals surface area contributed by atoms with Gasteiger partial charge in [-0.2, -0.15) is 0 Å². The van der Waals surface area contributed by atoms with Crippen LogP contribution in [0, 0.1) is 28.6 Å². The van der Waals surface area contributed by atoms with Crippen molar-refractivity contribution in [1.82, 2.24) is 0 Å². The fraction of sp³-hybridized carbons (Fsp3) is 0.810. The van der Waals surface area contributed by atoms with Gasteiger partial charge in [-0.3, -0.25) is 9.59 Å². The summed E-state index contributed by atoms with van der Waals surface area (Å²) in [5.74, 6) is 2.14. The van der Waals surface area contributed by atoms with Gasteiger partial charge in [-0.15, -0.1) is 0 Å². The average molecular weight is 332 g/mol. The van der Waals surface area contributed by atoms with Crippen molar-refractivity contribution in [2.75, 3.05) is 0 Å². The Bertz CT molecular complexity index is 590. The molecule has 0 aromatic rings. The standard InChI is InChI=1S/C19H26O3.C2H6/c1-18-10-8-15(20)17(22)14(18)4-3-11-12-5-6-16(21)19(12,2)9-7-13(11)18;1-2/h11-13,22H,3-10H2,1-2H3;1-2H3/t11-,12-,13-,18+,19-;/m0./s1. The number of hydrogen-bond acceptors (Lipinski definition) is 3. The molecule has 1 N–H and O–H groups in total. The first-order valence-corrected chi connectivity index (χ1v) is 9.87. The smallest absolute Gasteiger partial charge is 0.197 e. The van der Waals surface area contributed by atoms with Gasteiger partial charge < -0.3 is 5.11 Å². The maximum absolute atomic E-state index is 12.4. The van der Waals surface area contributed by atoms with Crippen LogP contribution in [-0.2, 0) is 9.59 Å². The number of Topliss-reactive ketones (excluding diaryl/α,β-unsaturated/α-hetero) is 2. The highest BCUT2D eigenvalue weighted by molar-refractivity contribution is 5.95. The highest BCUT2D eigenvalue weighted by atomic mass is 16.3. The Hall–Kier alpha value is -1.12. The van der Waals surface area contributed by atoms with Crippen molar-refractivity contribution in [2.24, 2.45) is 28.6 Å². The van der Waals surface area contributed by atoms with Crippen molar-refractivity contribution in [3.8, 4) is 0 Å². The monoisotopic (exact) mass is 332 g/mol. The predicted molar refractivity (Wildman–Crippen MR) is 94.6 cm³/mol. The number of aliphatic hydroxyl groups is 1. The Balaban J connectivity index is 0.000000815. The lowest BCUT2D eigenvalue weighted by Crippen LogP contribution is -2.51. The molecule has 4 aliphatic carbocycles. The van der Waals surface area contributed by atoms with Crippen LogP contribution in [0.1, 0.15) is 79.1 Å². The van der Waals surface area contributed by atoms with Gasteiger partial charge in [0.15, 0.2) is 11.5 Å². The molecule has 4 aliphatic rings. The van der Waals surface area contributed by atoms with Crippen molar-refractivity contribution in [3.05, 3.63) is 11.3 Å². The van der Waals surface area contributed by atoms with Crippen LogP contribution in [0.2, 0.25) is 0 Å². The molecule has 0 unspecified atom stereocenters. The van der Waals surface area contributed by atoms with E-state index in [2.05, 4.69) is 13.8 Å². The fourth-order valence-corrected chi connectivity index (χ4v) is 6.46. The minimum Gasteiger partial charge on any atom is -0.504 e. The number of fused-ring (bicyclic) bond motifs is 5. The van der Waals surface area contributed by atoms with Crippen LogP contribution in [-0.4, -0.2) is 16.7 Å². The number of rotatable bonds is 0. The molecule has 24 heavy (non-hydrogen) atoms.